The van der Waals surface area contributed by atoms with Gasteiger partial charge in [0.2, 0.25) is 11.8 Å². The van der Waals surface area contributed by atoms with Crippen LogP contribution >= 0.6 is 0 Å². The first-order valence-electron chi connectivity index (χ1n) is 10.0. The summed E-state index contributed by atoms with van der Waals surface area (Å²) in [5.74, 6) is 1.81. The zero-order valence-electron chi connectivity index (χ0n) is 16.2. The van der Waals surface area contributed by atoms with Crippen LogP contribution in [-0.2, 0) is 9.59 Å². The van der Waals surface area contributed by atoms with Crippen LogP contribution in [0.3, 0.4) is 0 Å². The minimum atomic E-state index is -0.0734. The molecule has 1 N–H and O–H groups in total. The third-order valence-electron chi connectivity index (χ3n) is 5.50. The Morgan fingerprint density at radius 3 is 2.29 bits per heavy atom. The zero-order chi connectivity index (χ0) is 19.5. The number of hydrogen-bond donors (Lipinski definition) is 1. The van der Waals surface area contributed by atoms with Crippen molar-refractivity contribution in [3.8, 4) is 11.5 Å². The average molecular weight is 378 g/mol. The van der Waals surface area contributed by atoms with Gasteiger partial charge in [-0.15, -0.1) is 0 Å². The molecule has 1 heterocycles. The fourth-order valence-corrected chi connectivity index (χ4v) is 3.58. The number of piperidine rings is 1. The molecule has 5 heteroatoms. The van der Waals surface area contributed by atoms with Gasteiger partial charge in [-0.1, -0.05) is 29.8 Å². The van der Waals surface area contributed by atoms with Crippen LogP contribution in [0.25, 0.3) is 0 Å². The van der Waals surface area contributed by atoms with Gasteiger partial charge in [0, 0.05) is 24.9 Å². The molecule has 2 aliphatic rings. The molecule has 0 aromatic heterocycles. The number of likely N-dealkylation sites (tertiary alicyclic amines) is 1. The Morgan fingerprint density at radius 1 is 0.929 bits per heavy atom. The number of carbonyl (C=O) groups excluding carboxylic acids is 2. The number of nitrogens with one attached hydrogen (secondary N) is 1. The number of ether oxygens (including phenoxy) is 1. The quantitative estimate of drug-likeness (QED) is 0.840. The molecule has 1 saturated heterocycles. The van der Waals surface area contributed by atoms with Crippen LogP contribution in [-0.4, -0.2) is 29.8 Å². The summed E-state index contributed by atoms with van der Waals surface area (Å²) in [5, 5.41) is 3.02. The van der Waals surface area contributed by atoms with Crippen LogP contribution in [0.2, 0.25) is 0 Å². The summed E-state index contributed by atoms with van der Waals surface area (Å²) in [5.41, 5.74) is 1.84. The summed E-state index contributed by atoms with van der Waals surface area (Å²) in [6.45, 7) is 3.38. The van der Waals surface area contributed by atoms with Gasteiger partial charge in [0.1, 0.15) is 5.75 Å². The summed E-state index contributed by atoms with van der Waals surface area (Å²) in [6, 6.07) is 15.3. The van der Waals surface area contributed by atoms with E-state index in [-0.39, 0.29) is 23.7 Å². The Balaban J connectivity index is 1.37. The predicted molar refractivity (Wildman–Crippen MR) is 108 cm³/mol. The molecule has 1 aliphatic carbocycles. The van der Waals surface area contributed by atoms with Crippen LogP contribution in [0.4, 0.5) is 5.69 Å². The van der Waals surface area contributed by atoms with Crippen molar-refractivity contribution in [2.24, 2.45) is 11.8 Å². The number of benzene rings is 2. The molecule has 0 spiro atoms. The second-order valence-corrected chi connectivity index (χ2v) is 7.77. The van der Waals surface area contributed by atoms with Crippen LogP contribution in [0.5, 0.6) is 11.5 Å². The van der Waals surface area contributed by atoms with E-state index in [1.54, 1.807) is 0 Å². The molecule has 2 aromatic carbocycles. The first-order chi connectivity index (χ1) is 13.6. The van der Waals surface area contributed by atoms with E-state index in [9.17, 15) is 9.59 Å². The lowest BCUT2D eigenvalue weighted by atomic mass is 9.95. The Morgan fingerprint density at radius 2 is 1.61 bits per heavy atom. The zero-order valence-corrected chi connectivity index (χ0v) is 16.2. The summed E-state index contributed by atoms with van der Waals surface area (Å²) >= 11 is 0. The fraction of sp³-hybridized carbons (Fsp3) is 0.391. The van der Waals surface area contributed by atoms with E-state index in [1.165, 1.54) is 5.56 Å². The van der Waals surface area contributed by atoms with Crippen molar-refractivity contribution >= 4 is 17.5 Å². The van der Waals surface area contributed by atoms with E-state index in [0.29, 0.717) is 37.4 Å². The first kappa shape index (κ1) is 18.5. The van der Waals surface area contributed by atoms with Gasteiger partial charge < -0.3 is 15.0 Å². The minimum Gasteiger partial charge on any atom is -0.455 e. The van der Waals surface area contributed by atoms with Gasteiger partial charge in [0.05, 0.1) is 5.69 Å². The average Bonchev–Trinajstić information content (AvgIpc) is 3.56. The highest BCUT2D eigenvalue weighted by molar-refractivity contribution is 5.94. The number of anilines is 1. The predicted octanol–water partition coefficient (Wildman–Crippen LogP) is 4.37. The largest absolute Gasteiger partial charge is 0.455 e. The van der Waals surface area contributed by atoms with E-state index in [4.69, 9.17) is 4.74 Å². The molecule has 0 atom stereocenters. The molecule has 4 rings (SSSR count). The molecule has 2 aromatic rings. The molecule has 1 aliphatic heterocycles. The maximum atomic E-state index is 12.8. The Kier molecular flexibility index (Phi) is 5.33. The number of hydrogen-bond acceptors (Lipinski definition) is 3. The van der Waals surface area contributed by atoms with Gasteiger partial charge in [-0.25, -0.2) is 0 Å². The van der Waals surface area contributed by atoms with Gasteiger partial charge in [0.25, 0.3) is 0 Å². The summed E-state index contributed by atoms with van der Waals surface area (Å²) < 4.78 is 5.97. The van der Waals surface area contributed by atoms with Crippen molar-refractivity contribution in [3.63, 3.8) is 0 Å². The highest BCUT2D eigenvalue weighted by Crippen LogP contribution is 2.33. The van der Waals surface area contributed by atoms with Crippen molar-refractivity contribution in [2.75, 3.05) is 18.4 Å². The number of amides is 2. The van der Waals surface area contributed by atoms with E-state index in [2.05, 4.69) is 5.32 Å². The second kappa shape index (κ2) is 8.05. The lowest BCUT2D eigenvalue weighted by Crippen LogP contribution is -2.42. The van der Waals surface area contributed by atoms with E-state index >= 15 is 0 Å². The van der Waals surface area contributed by atoms with E-state index in [1.807, 2.05) is 60.4 Å². The van der Waals surface area contributed by atoms with Crippen molar-refractivity contribution < 1.29 is 14.3 Å². The number of rotatable bonds is 5. The Labute approximate surface area is 165 Å². The third-order valence-corrected chi connectivity index (χ3v) is 5.50. The molecular weight excluding hydrogens is 352 g/mol. The normalized spacial score (nSPS) is 17.2. The van der Waals surface area contributed by atoms with Crippen LogP contribution in [0.15, 0.2) is 48.5 Å². The van der Waals surface area contributed by atoms with Gasteiger partial charge in [-0.3, -0.25) is 9.59 Å². The molecule has 0 radical (unpaired) electrons. The summed E-state index contributed by atoms with van der Waals surface area (Å²) in [4.78, 5) is 26.9. The summed E-state index contributed by atoms with van der Waals surface area (Å²) in [6.07, 6.45) is 3.48. The molecule has 2 fully saturated rings. The maximum absolute atomic E-state index is 12.8. The summed E-state index contributed by atoms with van der Waals surface area (Å²) in [7, 11) is 0. The Bertz CT molecular complexity index is 850. The van der Waals surface area contributed by atoms with Crippen molar-refractivity contribution in [2.45, 2.75) is 32.6 Å². The molecular formula is C23H26N2O3. The molecule has 0 unspecified atom stereocenters. The minimum absolute atomic E-state index is 0.00141. The monoisotopic (exact) mass is 378 g/mol. The highest BCUT2D eigenvalue weighted by atomic mass is 16.5. The van der Waals surface area contributed by atoms with Crippen LogP contribution in [0.1, 0.15) is 31.2 Å². The van der Waals surface area contributed by atoms with Crippen LogP contribution in [0, 0.1) is 18.8 Å². The van der Waals surface area contributed by atoms with Crippen LogP contribution < -0.4 is 10.1 Å². The van der Waals surface area contributed by atoms with Gasteiger partial charge >= 0.3 is 0 Å². The van der Waals surface area contributed by atoms with E-state index in [0.717, 1.165) is 18.6 Å². The molecule has 28 heavy (non-hydrogen) atoms. The molecule has 5 nitrogen and oxygen atoms in total. The van der Waals surface area contributed by atoms with Crippen molar-refractivity contribution in [1.29, 1.82) is 0 Å². The van der Waals surface area contributed by atoms with Gasteiger partial charge in [-0.05, 0) is 56.9 Å². The SMILES string of the molecule is Cc1ccc(Oc2ccccc2NC(=O)C2CCN(C(=O)C3CC3)CC2)cc1. The number of nitrogens with zero attached hydrogens (tertiary/aromatic N) is 1. The molecule has 0 bridgehead atoms. The molecule has 2 amide bonds. The lowest BCUT2D eigenvalue weighted by Gasteiger charge is -2.31. The fourth-order valence-electron chi connectivity index (χ4n) is 3.58. The van der Waals surface area contributed by atoms with Gasteiger partial charge in [-0.2, -0.15) is 0 Å². The van der Waals surface area contributed by atoms with Crippen molar-refractivity contribution in [1.82, 2.24) is 4.90 Å². The number of carbonyl (C=O) groups is 2. The first-order valence-corrected chi connectivity index (χ1v) is 10.0. The standard InChI is InChI=1S/C23H26N2O3/c1-16-6-10-19(11-7-16)28-21-5-3-2-4-20(21)24-22(26)17-12-14-25(15-13-17)23(27)18-8-9-18/h2-7,10-11,17-18H,8-9,12-15H2,1H3,(H,24,26). The maximum Gasteiger partial charge on any atom is 0.227 e. The third kappa shape index (κ3) is 4.35. The molecule has 146 valence electrons. The number of para-hydroxylation sites is 2. The topological polar surface area (TPSA) is 58.6 Å². The van der Waals surface area contributed by atoms with E-state index < -0.39 is 0 Å². The molecule has 1 saturated carbocycles. The highest BCUT2D eigenvalue weighted by Gasteiger charge is 2.36. The lowest BCUT2D eigenvalue weighted by molar-refractivity contribution is -0.135. The van der Waals surface area contributed by atoms with Crippen molar-refractivity contribution in [3.05, 3.63) is 54.1 Å². The Hall–Kier alpha value is -2.82. The smallest absolute Gasteiger partial charge is 0.227 e. The second-order valence-electron chi connectivity index (χ2n) is 7.77. The van der Waals surface area contributed by atoms with Gasteiger partial charge in [0.15, 0.2) is 5.75 Å². The number of aryl methyl sites for hydroxylation is 1.